The van der Waals surface area contributed by atoms with Crippen LogP contribution >= 0.6 is 0 Å². The molecule has 8 heteroatoms. The van der Waals surface area contributed by atoms with Crippen molar-refractivity contribution in [2.24, 2.45) is 5.92 Å². The quantitative estimate of drug-likeness (QED) is 0.496. The monoisotopic (exact) mass is 486 g/mol. The zero-order valence-corrected chi connectivity index (χ0v) is 21.5. The van der Waals surface area contributed by atoms with Crippen LogP contribution in [0.2, 0.25) is 0 Å². The van der Waals surface area contributed by atoms with Crippen LogP contribution in [0.15, 0.2) is 30.3 Å². The van der Waals surface area contributed by atoms with Crippen LogP contribution in [0.4, 0.5) is 4.79 Å². The summed E-state index contributed by atoms with van der Waals surface area (Å²) < 4.78 is 5.26. The first-order chi connectivity index (χ1) is 16.8. The van der Waals surface area contributed by atoms with Gasteiger partial charge in [-0.25, -0.2) is 4.79 Å². The number of benzene rings is 1. The highest BCUT2D eigenvalue weighted by molar-refractivity contribution is 5.86. The molecular weight excluding hydrogens is 444 g/mol. The van der Waals surface area contributed by atoms with Crippen LogP contribution in [0.1, 0.15) is 50.5 Å². The Morgan fingerprint density at radius 2 is 1.86 bits per heavy atom. The van der Waals surface area contributed by atoms with E-state index in [0.717, 1.165) is 44.9 Å². The average Bonchev–Trinajstić information content (AvgIpc) is 3.07. The number of amides is 3. The lowest BCUT2D eigenvalue weighted by molar-refractivity contribution is -0.122. The fourth-order valence-electron chi connectivity index (χ4n) is 6.36. The van der Waals surface area contributed by atoms with Gasteiger partial charge in [-0.1, -0.05) is 30.3 Å². The molecule has 2 saturated carbocycles. The summed E-state index contributed by atoms with van der Waals surface area (Å²) in [4.78, 5) is 32.3. The predicted octanol–water partition coefficient (Wildman–Crippen LogP) is 2.42. The number of rotatable bonds is 10. The van der Waals surface area contributed by atoms with Gasteiger partial charge in [-0.3, -0.25) is 9.69 Å². The van der Waals surface area contributed by atoms with E-state index in [1.807, 2.05) is 4.90 Å². The van der Waals surface area contributed by atoms with Gasteiger partial charge in [0.15, 0.2) is 0 Å². The highest BCUT2D eigenvalue weighted by atomic mass is 16.5. The molecule has 0 aromatic heterocycles. The van der Waals surface area contributed by atoms with Crippen LogP contribution < -0.4 is 5.32 Å². The molecule has 8 nitrogen and oxygen atoms in total. The molecule has 1 aliphatic heterocycles. The summed E-state index contributed by atoms with van der Waals surface area (Å²) in [5.74, 6) is 0.229. The summed E-state index contributed by atoms with van der Waals surface area (Å²) in [5, 5.41) is 12.4. The molecule has 0 atom stereocenters. The SMILES string of the molecule is COCCCN1C(=O)N(CC(=O)NCC2CC(O)C2)C[C@]12CC[C@](c1ccccc1)(N(C)C)CC2. The highest BCUT2D eigenvalue weighted by Gasteiger charge is 2.54. The van der Waals surface area contributed by atoms with E-state index in [-0.39, 0.29) is 35.7 Å². The summed E-state index contributed by atoms with van der Waals surface area (Å²) in [5.41, 5.74) is 1.02. The van der Waals surface area contributed by atoms with Gasteiger partial charge < -0.3 is 25.0 Å². The van der Waals surface area contributed by atoms with E-state index in [2.05, 4.69) is 54.6 Å². The molecule has 0 radical (unpaired) electrons. The highest BCUT2D eigenvalue weighted by Crippen LogP contribution is 2.48. The number of urea groups is 1. The fraction of sp³-hybridized carbons (Fsp3) is 0.704. The van der Waals surface area contributed by atoms with Crippen molar-refractivity contribution < 1.29 is 19.4 Å². The minimum absolute atomic E-state index is 0.0348. The normalized spacial score (nSPS) is 30.7. The van der Waals surface area contributed by atoms with Crippen LogP contribution in [-0.4, -0.2) is 97.4 Å². The molecule has 0 unspecified atom stereocenters. The number of methoxy groups -OCH3 is 1. The van der Waals surface area contributed by atoms with E-state index in [9.17, 15) is 14.7 Å². The first-order valence-electron chi connectivity index (χ1n) is 13.0. The molecule has 1 spiro atoms. The first-order valence-corrected chi connectivity index (χ1v) is 13.0. The molecular formula is C27H42N4O4. The van der Waals surface area contributed by atoms with Gasteiger partial charge in [-0.05, 0) is 70.5 Å². The van der Waals surface area contributed by atoms with E-state index in [1.165, 1.54) is 5.56 Å². The molecule has 1 saturated heterocycles. The number of aliphatic hydroxyl groups excluding tert-OH is 1. The summed E-state index contributed by atoms with van der Waals surface area (Å²) in [7, 11) is 5.99. The topological polar surface area (TPSA) is 85.3 Å². The Kier molecular flexibility index (Phi) is 8.03. The summed E-state index contributed by atoms with van der Waals surface area (Å²) in [6, 6.07) is 10.7. The molecule has 0 bridgehead atoms. The molecule has 3 amide bonds. The van der Waals surface area contributed by atoms with Crippen molar-refractivity contribution >= 4 is 11.9 Å². The van der Waals surface area contributed by atoms with Crippen LogP contribution in [-0.2, 0) is 15.1 Å². The maximum absolute atomic E-state index is 13.5. The Morgan fingerprint density at radius 3 is 2.46 bits per heavy atom. The van der Waals surface area contributed by atoms with E-state index < -0.39 is 0 Å². The second kappa shape index (κ2) is 10.8. The molecule has 1 aromatic rings. The number of ether oxygens (including phenoxy) is 1. The number of nitrogens with one attached hydrogen (secondary N) is 1. The number of hydrogen-bond donors (Lipinski definition) is 2. The molecule has 4 rings (SSSR count). The number of carbonyl (C=O) groups excluding carboxylic acids is 2. The smallest absolute Gasteiger partial charge is 0.321 e. The van der Waals surface area contributed by atoms with E-state index >= 15 is 0 Å². The van der Waals surface area contributed by atoms with Crippen LogP contribution in [0, 0.1) is 5.92 Å². The van der Waals surface area contributed by atoms with Gasteiger partial charge in [0.1, 0.15) is 6.54 Å². The molecule has 2 N–H and O–H groups in total. The van der Waals surface area contributed by atoms with E-state index in [0.29, 0.717) is 32.2 Å². The third-order valence-corrected chi connectivity index (χ3v) is 8.60. The molecule has 35 heavy (non-hydrogen) atoms. The molecule has 1 aromatic carbocycles. The third kappa shape index (κ3) is 5.34. The first kappa shape index (κ1) is 25.9. The summed E-state index contributed by atoms with van der Waals surface area (Å²) in [6.07, 6.45) is 5.76. The minimum atomic E-state index is -0.253. The molecule has 3 fully saturated rings. The van der Waals surface area contributed by atoms with Crippen molar-refractivity contribution in [2.45, 2.75) is 62.1 Å². The van der Waals surface area contributed by atoms with Crippen molar-refractivity contribution in [1.82, 2.24) is 20.0 Å². The number of carbonyl (C=O) groups is 2. The molecule has 194 valence electrons. The van der Waals surface area contributed by atoms with Crippen LogP contribution in [0.3, 0.4) is 0 Å². The Bertz CT molecular complexity index is 863. The molecule has 2 aliphatic carbocycles. The second-order valence-electron chi connectivity index (χ2n) is 10.9. The van der Waals surface area contributed by atoms with Gasteiger partial charge in [0.05, 0.1) is 11.6 Å². The zero-order valence-electron chi connectivity index (χ0n) is 21.5. The second-order valence-corrected chi connectivity index (χ2v) is 10.9. The van der Waals surface area contributed by atoms with E-state index in [4.69, 9.17) is 4.74 Å². The lowest BCUT2D eigenvalue weighted by Crippen LogP contribution is -2.55. The van der Waals surface area contributed by atoms with Crippen molar-refractivity contribution in [3.63, 3.8) is 0 Å². The van der Waals surface area contributed by atoms with Crippen molar-refractivity contribution in [1.29, 1.82) is 0 Å². The third-order valence-electron chi connectivity index (χ3n) is 8.60. The Labute approximate surface area is 209 Å². The standard InChI is InChI=1S/C27H42N4O4/c1-29(2)27(22-8-5-4-6-9-22)12-10-26(11-13-27)20-30(25(34)31(26)14-7-15-35-3)19-24(33)28-18-21-16-23(32)17-21/h4-6,8-9,21,23,32H,7,10-20H2,1-3H3,(H,28,33)/t21?,23?,26-,27+. The lowest BCUT2D eigenvalue weighted by Gasteiger charge is -2.51. The fourth-order valence-corrected chi connectivity index (χ4v) is 6.36. The maximum atomic E-state index is 13.5. The lowest BCUT2D eigenvalue weighted by atomic mass is 9.68. The van der Waals surface area contributed by atoms with Gasteiger partial charge in [-0.15, -0.1) is 0 Å². The zero-order chi connectivity index (χ0) is 25.1. The summed E-state index contributed by atoms with van der Waals surface area (Å²) >= 11 is 0. The number of nitrogens with zero attached hydrogens (tertiary/aromatic N) is 3. The summed E-state index contributed by atoms with van der Waals surface area (Å²) in [6.45, 7) is 2.51. The van der Waals surface area contributed by atoms with E-state index in [1.54, 1.807) is 12.0 Å². The molecule has 1 heterocycles. The van der Waals surface area contributed by atoms with Crippen LogP contribution in [0.5, 0.6) is 0 Å². The van der Waals surface area contributed by atoms with Crippen molar-refractivity contribution in [3.8, 4) is 0 Å². The minimum Gasteiger partial charge on any atom is -0.393 e. The van der Waals surface area contributed by atoms with Gasteiger partial charge in [0, 0.05) is 38.9 Å². The van der Waals surface area contributed by atoms with Gasteiger partial charge in [-0.2, -0.15) is 0 Å². The predicted molar refractivity (Wildman–Crippen MR) is 135 cm³/mol. The van der Waals surface area contributed by atoms with Crippen molar-refractivity contribution in [3.05, 3.63) is 35.9 Å². The molecule has 3 aliphatic rings. The largest absolute Gasteiger partial charge is 0.393 e. The average molecular weight is 487 g/mol. The maximum Gasteiger partial charge on any atom is 0.321 e. The van der Waals surface area contributed by atoms with Gasteiger partial charge >= 0.3 is 6.03 Å². The van der Waals surface area contributed by atoms with Gasteiger partial charge in [0.2, 0.25) is 5.91 Å². The van der Waals surface area contributed by atoms with Gasteiger partial charge in [0.25, 0.3) is 0 Å². The Morgan fingerprint density at radius 1 is 1.17 bits per heavy atom. The number of hydrogen-bond acceptors (Lipinski definition) is 5. The number of aliphatic hydroxyl groups is 1. The Hall–Kier alpha value is -2.16. The van der Waals surface area contributed by atoms with Crippen molar-refractivity contribution in [2.75, 3.05) is 54.0 Å². The Balaban J connectivity index is 1.45. The van der Waals surface area contributed by atoms with Crippen LogP contribution in [0.25, 0.3) is 0 Å².